The molecular formula is C22H23N3O2. The molecule has 1 aromatic heterocycles. The molecule has 138 valence electrons. The summed E-state index contributed by atoms with van der Waals surface area (Å²) in [7, 11) is 1.87. The summed E-state index contributed by atoms with van der Waals surface area (Å²) in [5.74, 6) is 1.80. The zero-order chi connectivity index (χ0) is 18.7. The fourth-order valence-electron chi connectivity index (χ4n) is 3.33. The molecule has 0 radical (unpaired) electrons. The predicted molar refractivity (Wildman–Crippen MR) is 103 cm³/mol. The third-order valence-electron chi connectivity index (χ3n) is 5.00. The van der Waals surface area contributed by atoms with Gasteiger partial charge in [0.15, 0.2) is 0 Å². The molecule has 2 aromatic carbocycles. The van der Waals surface area contributed by atoms with Gasteiger partial charge in [-0.05, 0) is 48.7 Å². The van der Waals surface area contributed by atoms with E-state index >= 15 is 0 Å². The number of amides is 1. The van der Waals surface area contributed by atoms with Gasteiger partial charge in [-0.3, -0.25) is 9.48 Å². The van der Waals surface area contributed by atoms with Crippen molar-refractivity contribution in [1.82, 2.24) is 14.7 Å². The first-order chi connectivity index (χ1) is 13.1. The number of benzene rings is 2. The van der Waals surface area contributed by atoms with Crippen molar-refractivity contribution in [2.45, 2.75) is 25.9 Å². The lowest BCUT2D eigenvalue weighted by atomic mass is 10.1. The Morgan fingerprint density at radius 3 is 2.41 bits per heavy atom. The molecule has 5 nitrogen and oxygen atoms in total. The maximum Gasteiger partial charge on any atom is 0.230 e. The molecule has 5 heteroatoms. The molecular weight excluding hydrogens is 338 g/mol. The quantitative estimate of drug-likeness (QED) is 0.636. The van der Waals surface area contributed by atoms with E-state index in [-0.39, 0.29) is 11.3 Å². The second-order valence-electron chi connectivity index (χ2n) is 7.20. The Morgan fingerprint density at radius 2 is 1.78 bits per heavy atom. The van der Waals surface area contributed by atoms with Gasteiger partial charge in [0.25, 0.3) is 0 Å². The van der Waals surface area contributed by atoms with Gasteiger partial charge in [0.1, 0.15) is 11.5 Å². The van der Waals surface area contributed by atoms with Crippen molar-refractivity contribution in [1.29, 1.82) is 0 Å². The predicted octanol–water partition coefficient (Wildman–Crippen LogP) is 4.11. The van der Waals surface area contributed by atoms with E-state index < -0.39 is 0 Å². The lowest BCUT2D eigenvalue weighted by Crippen LogP contribution is -2.36. The second kappa shape index (κ2) is 7.27. The molecule has 0 aliphatic heterocycles. The summed E-state index contributed by atoms with van der Waals surface area (Å²) in [5, 5.41) is 4.24. The Balaban J connectivity index is 1.36. The van der Waals surface area contributed by atoms with Crippen molar-refractivity contribution in [2.75, 3.05) is 7.05 Å². The molecule has 0 atom stereocenters. The summed E-state index contributed by atoms with van der Waals surface area (Å²) < 4.78 is 7.67. The monoisotopic (exact) mass is 361 g/mol. The van der Waals surface area contributed by atoms with Gasteiger partial charge < -0.3 is 9.64 Å². The van der Waals surface area contributed by atoms with Crippen LogP contribution in [0.2, 0.25) is 0 Å². The number of para-hydroxylation sites is 1. The smallest absolute Gasteiger partial charge is 0.230 e. The van der Waals surface area contributed by atoms with Crippen molar-refractivity contribution < 1.29 is 9.53 Å². The second-order valence-corrected chi connectivity index (χ2v) is 7.20. The highest BCUT2D eigenvalue weighted by atomic mass is 16.5. The minimum absolute atomic E-state index is 0.197. The summed E-state index contributed by atoms with van der Waals surface area (Å²) in [4.78, 5) is 14.7. The van der Waals surface area contributed by atoms with Crippen LogP contribution in [0, 0.1) is 5.41 Å². The van der Waals surface area contributed by atoms with E-state index in [1.165, 1.54) is 0 Å². The Bertz CT molecular complexity index is 885. The summed E-state index contributed by atoms with van der Waals surface area (Å²) in [6.45, 7) is 1.25. The highest BCUT2D eigenvalue weighted by molar-refractivity contribution is 5.85. The summed E-state index contributed by atoms with van der Waals surface area (Å²) in [6.07, 6.45) is 5.53. The number of carbonyl (C=O) groups is 1. The molecule has 1 aliphatic carbocycles. The molecule has 0 N–H and O–H groups in total. The van der Waals surface area contributed by atoms with Crippen LogP contribution in [-0.2, 0) is 17.9 Å². The number of hydrogen-bond acceptors (Lipinski definition) is 3. The Kier molecular flexibility index (Phi) is 4.67. The van der Waals surface area contributed by atoms with Gasteiger partial charge in [-0.1, -0.05) is 30.3 Å². The Labute approximate surface area is 159 Å². The molecule has 0 bridgehead atoms. The first kappa shape index (κ1) is 17.3. The SMILES string of the molecule is CN(Cc1ccc(Oc2ccccc2)cc1)C(=O)C1(Cn2cccn2)CC1. The molecule has 0 spiro atoms. The average molecular weight is 361 g/mol. The highest BCUT2D eigenvalue weighted by Crippen LogP contribution is 2.48. The van der Waals surface area contributed by atoms with E-state index in [4.69, 9.17) is 4.74 Å². The van der Waals surface area contributed by atoms with Crippen LogP contribution in [0.1, 0.15) is 18.4 Å². The third-order valence-corrected chi connectivity index (χ3v) is 5.00. The van der Waals surface area contributed by atoms with Gasteiger partial charge in [-0.15, -0.1) is 0 Å². The summed E-state index contributed by atoms with van der Waals surface area (Å²) in [5.41, 5.74) is 0.804. The molecule has 1 aliphatic rings. The Hall–Kier alpha value is -3.08. The van der Waals surface area contributed by atoms with E-state index in [1.807, 2.05) is 83.5 Å². The first-order valence-electron chi connectivity index (χ1n) is 9.19. The van der Waals surface area contributed by atoms with Crippen LogP contribution >= 0.6 is 0 Å². The molecule has 0 unspecified atom stereocenters. The number of rotatable bonds is 7. The summed E-state index contributed by atoms with van der Waals surface area (Å²) in [6, 6.07) is 19.5. The summed E-state index contributed by atoms with van der Waals surface area (Å²) >= 11 is 0. The van der Waals surface area contributed by atoms with Gasteiger partial charge >= 0.3 is 0 Å². The zero-order valence-corrected chi connectivity index (χ0v) is 15.4. The van der Waals surface area contributed by atoms with Crippen molar-refractivity contribution in [3.05, 3.63) is 78.6 Å². The van der Waals surface area contributed by atoms with Crippen LogP contribution in [0.25, 0.3) is 0 Å². The van der Waals surface area contributed by atoms with Gasteiger partial charge in [-0.25, -0.2) is 0 Å². The van der Waals surface area contributed by atoms with Crippen LogP contribution in [-0.4, -0.2) is 27.6 Å². The van der Waals surface area contributed by atoms with E-state index in [0.29, 0.717) is 13.1 Å². The minimum atomic E-state index is -0.281. The minimum Gasteiger partial charge on any atom is -0.457 e. The number of hydrogen-bond donors (Lipinski definition) is 0. The van der Waals surface area contributed by atoms with Crippen molar-refractivity contribution in [2.24, 2.45) is 5.41 Å². The highest BCUT2D eigenvalue weighted by Gasteiger charge is 2.51. The zero-order valence-electron chi connectivity index (χ0n) is 15.4. The van der Waals surface area contributed by atoms with Crippen LogP contribution in [0.3, 0.4) is 0 Å². The maximum atomic E-state index is 12.9. The van der Waals surface area contributed by atoms with Crippen molar-refractivity contribution >= 4 is 5.91 Å². The molecule has 1 saturated carbocycles. The van der Waals surface area contributed by atoms with Gasteiger partial charge in [0.2, 0.25) is 5.91 Å². The van der Waals surface area contributed by atoms with E-state index in [2.05, 4.69) is 5.10 Å². The van der Waals surface area contributed by atoms with E-state index in [1.54, 1.807) is 6.20 Å². The lowest BCUT2D eigenvalue weighted by molar-refractivity contribution is -0.136. The van der Waals surface area contributed by atoms with Crippen LogP contribution in [0.5, 0.6) is 11.5 Å². The largest absolute Gasteiger partial charge is 0.457 e. The number of carbonyl (C=O) groups excluding carboxylic acids is 1. The average Bonchev–Trinajstić information content (AvgIpc) is 3.29. The number of ether oxygens (including phenoxy) is 1. The number of aromatic nitrogens is 2. The standard InChI is InChI=1S/C22H23N3O2/c1-24(21(26)22(12-13-22)17-25-15-5-14-23-25)16-18-8-10-20(11-9-18)27-19-6-3-2-4-7-19/h2-11,14-15H,12-13,16-17H2,1H3. The van der Waals surface area contributed by atoms with E-state index in [0.717, 1.165) is 29.9 Å². The molecule has 0 saturated heterocycles. The molecule has 1 heterocycles. The van der Waals surface area contributed by atoms with Gasteiger partial charge in [-0.2, -0.15) is 5.10 Å². The lowest BCUT2D eigenvalue weighted by Gasteiger charge is -2.23. The first-order valence-corrected chi connectivity index (χ1v) is 9.19. The number of nitrogens with zero attached hydrogens (tertiary/aromatic N) is 3. The fraction of sp³-hybridized carbons (Fsp3) is 0.273. The van der Waals surface area contributed by atoms with E-state index in [9.17, 15) is 4.79 Å². The van der Waals surface area contributed by atoms with Gasteiger partial charge in [0.05, 0.1) is 12.0 Å². The third kappa shape index (κ3) is 4.03. The van der Waals surface area contributed by atoms with Crippen LogP contribution in [0.4, 0.5) is 0 Å². The van der Waals surface area contributed by atoms with Crippen LogP contribution < -0.4 is 4.74 Å². The topological polar surface area (TPSA) is 47.4 Å². The molecule has 1 fully saturated rings. The maximum absolute atomic E-state index is 12.9. The molecule has 4 rings (SSSR count). The molecule has 27 heavy (non-hydrogen) atoms. The molecule has 1 amide bonds. The Morgan fingerprint density at radius 1 is 1.07 bits per heavy atom. The fourth-order valence-corrected chi connectivity index (χ4v) is 3.33. The molecule has 3 aromatic rings. The van der Waals surface area contributed by atoms with Crippen molar-refractivity contribution in [3.8, 4) is 11.5 Å². The van der Waals surface area contributed by atoms with Gasteiger partial charge in [0, 0.05) is 26.0 Å². The van der Waals surface area contributed by atoms with Crippen LogP contribution in [0.15, 0.2) is 73.1 Å². The van der Waals surface area contributed by atoms with Crippen molar-refractivity contribution in [3.63, 3.8) is 0 Å². The normalized spacial score (nSPS) is 14.6.